The van der Waals surface area contributed by atoms with Crippen LogP contribution in [0.1, 0.15) is 24.1 Å². The summed E-state index contributed by atoms with van der Waals surface area (Å²) in [5.41, 5.74) is 4.77. The Balaban J connectivity index is 1.38. The highest BCUT2D eigenvalue weighted by Gasteiger charge is 2.41. The zero-order valence-corrected chi connectivity index (χ0v) is 17.2. The second-order valence-electron chi connectivity index (χ2n) is 8.28. The minimum Gasteiger partial charge on any atom is -0.338 e. The van der Waals surface area contributed by atoms with Crippen LogP contribution in [0.3, 0.4) is 0 Å². The van der Waals surface area contributed by atoms with Crippen LogP contribution in [0.15, 0.2) is 48.8 Å². The van der Waals surface area contributed by atoms with Crippen LogP contribution in [-0.2, 0) is 6.54 Å². The number of aromatic amines is 1. The van der Waals surface area contributed by atoms with Gasteiger partial charge in [0.25, 0.3) is 0 Å². The van der Waals surface area contributed by atoms with Gasteiger partial charge in [-0.25, -0.2) is 9.97 Å². The number of halogens is 3. The molecule has 0 radical (unpaired) electrons. The van der Waals surface area contributed by atoms with E-state index in [4.69, 9.17) is 5.26 Å². The maximum absolute atomic E-state index is 13.1. The Morgan fingerprint density at radius 1 is 1.06 bits per heavy atom. The zero-order valence-electron chi connectivity index (χ0n) is 17.2. The molecule has 1 aromatic carbocycles. The van der Waals surface area contributed by atoms with Crippen LogP contribution < -0.4 is 0 Å². The number of pyridine rings is 2. The number of hydrogen-bond acceptors (Lipinski definition) is 4. The highest BCUT2D eigenvalue weighted by molar-refractivity contribution is 6.06. The summed E-state index contributed by atoms with van der Waals surface area (Å²) in [4.78, 5) is 13.7. The minimum absolute atomic E-state index is 0.0615. The summed E-state index contributed by atoms with van der Waals surface area (Å²) in [6.45, 7) is 1.26. The van der Waals surface area contributed by atoms with Crippen LogP contribution in [0.2, 0.25) is 0 Å². The van der Waals surface area contributed by atoms with Gasteiger partial charge in [0.1, 0.15) is 17.4 Å². The van der Waals surface area contributed by atoms with Crippen molar-refractivity contribution in [3.05, 3.63) is 60.0 Å². The topological polar surface area (TPSA) is 68.6 Å². The van der Waals surface area contributed by atoms with Crippen LogP contribution >= 0.6 is 0 Å². The lowest BCUT2D eigenvalue weighted by Gasteiger charge is -2.33. The first-order chi connectivity index (χ1) is 15.4. The van der Waals surface area contributed by atoms with E-state index < -0.39 is 12.1 Å². The number of benzene rings is 1. The van der Waals surface area contributed by atoms with Gasteiger partial charge in [0, 0.05) is 35.6 Å². The third-order valence-electron chi connectivity index (χ3n) is 6.11. The Hall–Kier alpha value is -3.44. The standard InChI is InChI=1S/C24H20F3N5/c25-24(26,27)18-2-1-7-32(14-18)13-15-3-5-16(6-4-15)17-8-21-20-9-19(10-28)29-12-22(20)31-23(21)30-11-17/h3-6,8-9,11-12,18H,1-2,7,13-14H2,(H,30,31). The highest BCUT2D eigenvalue weighted by atomic mass is 19.4. The van der Waals surface area contributed by atoms with Crippen molar-refractivity contribution in [3.8, 4) is 17.2 Å². The zero-order chi connectivity index (χ0) is 22.3. The molecule has 1 aliphatic heterocycles. The molecule has 1 atom stereocenters. The molecule has 0 bridgehead atoms. The molecule has 1 N–H and O–H groups in total. The first-order valence-corrected chi connectivity index (χ1v) is 10.5. The molecule has 4 aromatic rings. The van der Waals surface area contributed by atoms with Crippen LogP contribution in [-0.4, -0.2) is 39.1 Å². The van der Waals surface area contributed by atoms with E-state index in [0.717, 1.165) is 38.6 Å². The Labute approximate surface area is 182 Å². The maximum atomic E-state index is 13.1. The van der Waals surface area contributed by atoms with Crippen molar-refractivity contribution in [2.45, 2.75) is 25.6 Å². The number of likely N-dealkylation sites (tertiary alicyclic amines) is 1. The van der Waals surface area contributed by atoms with E-state index in [1.165, 1.54) is 0 Å². The summed E-state index contributed by atoms with van der Waals surface area (Å²) >= 11 is 0. The molecule has 1 unspecified atom stereocenters. The summed E-state index contributed by atoms with van der Waals surface area (Å²) < 4.78 is 39.2. The van der Waals surface area contributed by atoms with E-state index in [0.29, 0.717) is 25.2 Å². The van der Waals surface area contributed by atoms with Gasteiger partial charge in [-0.15, -0.1) is 0 Å². The van der Waals surface area contributed by atoms with Crippen LogP contribution in [0, 0.1) is 17.2 Å². The van der Waals surface area contributed by atoms with E-state index in [-0.39, 0.29) is 13.0 Å². The largest absolute Gasteiger partial charge is 0.393 e. The van der Waals surface area contributed by atoms with E-state index in [1.807, 2.05) is 35.2 Å². The Kier molecular flexibility index (Phi) is 5.06. The lowest BCUT2D eigenvalue weighted by molar-refractivity contribution is -0.187. The molecule has 5 rings (SSSR count). The Morgan fingerprint density at radius 2 is 1.88 bits per heavy atom. The molecule has 0 amide bonds. The molecule has 4 heterocycles. The third kappa shape index (κ3) is 3.92. The molecule has 32 heavy (non-hydrogen) atoms. The predicted octanol–water partition coefficient (Wildman–Crippen LogP) is 5.42. The van der Waals surface area contributed by atoms with Crippen molar-refractivity contribution in [3.63, 3.8) is 0 Å². The fourth-order valence-electron chi connectivity index (χ4n) is 4.42. The van der Waals surface area contributed by atoms with Crippen molar-refractivity contribution in [2.75, 3.05) is 13.1 Å². The van der Waals surface area contributed by atoms with E-state index in [9.17, 15) is 13.2 Å². The van der Waals surface area contributed by atoms with E-state index in [1.54, 1.807) is 18.5 Å². The SMILES string of the molecule is N#Cc1cc2c(cn1)[nH]c1ncc(-c3ccc(CN4CCCC(C(F)(F)F)C4)cc3)cc12. The fourth-order valence-corrected chi connectivity index (χ4v) is 4.42. The second-order valence-corrected chi connectivity index (χ2v) is 8.28. The number of nitriles is 1. The first-order valence-electron chi connectivity index (χ1n) is 10.5. The molecule has 5 nitrogen and oxygen atoms in total. The summed E-state index contributed by atoms with van der Waals surface area (Å²) in [6, 6.07) is 13.7. The summed E-state index contributed by atoms with van der Waals surface area (Å²) in [5.74, 6) is -1.23. The minimum atomic E-state index is -4.12. The smallest absolute Gasteiger partial charge is 0.338 e. The number of piperidine rings is 1. The number of rotatable bonds is 3. The van der Waals surface area contributed by atoms with Crippen molar-refractivity contribution < 1.29 is 13.2 Å². The summed E-state index contributed by atoms with van der Waals surface area (Å²) in [6.07, 6.45) is 0.0777. The van der Waals surface area contributed by atoms with Crippen molar-refractivity contribution in [2.24, 2.45) is 5.92 Å². The Bertz CT molecular complexity index is 1320. The molecule has 8 heteroatoms. The second kappa shape index (κ2) is 7.92. The van der Waals surface area contributed by atoms with Gasteiger partial charge < -0.3 is 4.98 Å². The van der Waals surface area contributed by atoms with Crippen LogP contribution in [0.25, 0.3) is 33.1 Å². The van der Waals surface area contributed by atoms with Crippen LogP contribution in [0.5, 0.6) is 0 Å². The van der Waals surface area contributed by atoms with Crippen molar-refractivity contribution in [1.82, 2.24) is 19.9 Å². The molecular formula is C24H20F3N5. The molecule has 1 aliphatic rings. The van der Waals surface area contributed by atoms with Crippen molar-refractivity contribution >= 4 is 21.9 Å². The molecule has 162 valence electrons. The third-order valence-corrected chi connectivity index (χ3v) is 6.11. The molecule has 0 aliphatic carbocycles. The number of alkyl halides is 3. The van der Waals surface area contributed by atoms with Gasteiger partial charge in [-0.2, -0.15) is 18.4 Å². The number of nitrogens with one attached hydrogen (secondary N) is 1. The first kappa shape index (κ1) is 20.5. The normalized spacial score (nSPS) is 17.6. The van der Waals surface area contributed by atoms with Gasteiger partial charge in [0.2, 0.25) is 0 Å². The van der Waals surface area contributed by atoms with Gasteiger partial charge in [-0.1, -0.05) is 24.3 Å². The average molecular weight is 435 g/mol. The monoisotopic (exact) mass is 435 g/mol. The molecular weight excluding hydrogens is 415 g/mol. The molecule has 3 aromatic heterocycles. The van der Waals surface area contributed by atoms with Gasteiger partial charge in [0.15, 0.2) is 0 Å². The molecule has 1 fully saturated rings. The number of nitrogens with zero attached hydrogens (tertiary/aromatic N) is 4. The molecule has 0 spiro atoms. The summed E-state index contributed by atoms with van der Waals surface area (Å²) in [5, 5.41) is 10.9. The quantitative estimate of drug-likeness (QED) is 0.466. The summed E-state index contributed by atoms with van der Waals surface area (Å²) in [7, 11) is 0. The van der Waals surface area contributed by atoms with Crippen LogP contribution in [0.4, 0.5) is 13.2 Å². The van der Waals surface area contributed by atoms with E-state index >= 15 is 0 Å². The maximum Gasteiger partial charge on any atom is 0.393 e. The fraction of sp³-hybridized carbons (Fsp3) is 0.292. The lowest BCUT2D eigenvalue weighted by atomic mass is 9.97. The number of aromatic nitrogens is 3. The predicted molar refractivity (Wildman–Crippen MR) is 116 cm³/mol. The Morgan fingerprint density at radius 3 is 2.62 bits per heavy atom. The number of hydrogen-bond donors (Lipinski definition) is 1. The van der Waals surface area contributed by atoms with Gasteiger partial charge in [-0.05, 0) is 42.6 Å². The van der Waals surface area contributed by atoms with Crippen molar-refractivity contribution in [1.29, 1.82) is 5.26 Å². The van der Waals surface area contributed by atoms with E-state index in [2.05, 4.69) is 21.0 Å². The number of H-pyrrole nitrogens is 1. The van der Waals surface area contributed by atoms with Gasteiger partial charge in [-0.3, -0.25) is 4.90 Å². The van der Waals surface area contributed by atoms with Gasteiger partial charge >= 0.3 is 6.18 Å². The highest BCUT2D eigenvalue weighted by Crippen LogP contribution is 2.34. The number of fused-ring (bicyclic) bond motifs is 3. The molecule has 1 saturated heterocycles. The lowest BCUT2D eigenvalue weighted by Crippen LogP contribution is -2.41. The molecule has 0 saturated carbocycles. The average Bonchev–Trinajstić information content (AvgIpc) is 3.16. The van der Waals surface area contributed by atoms with Gasteiger partial charge in [0.05, 0.1) is 17.6 Å².